The number of alkyl halides is 9. The second-order valence-electron chi connectivity index (χ2n) is 11.9. The van der Waals surface area contributed by atoms with E-state index in [1.807, 2.05) is 0 Å². The van der Waals surface area contributed by atoms with Crippen molar-refractivity contribution in [1.82, 2.24) is 15.0 Å². The summed E-state index contributed by atoms with van der Waals surface area (Å²) >= 11 is 0. The van der Waals surface area contributed by atoms with E-state index in [-0.39, 0.29) is 72.6 Å². The number of halogens is 9. The second kappa shape index (κ2) is 15.2. The van der Waals surface area contributed by atoms with E-state index in [4.69, 9.17) is 9.84 Å². The van der Waals surface area contributed by atoms with Crippen LogP contribution in [0.1, 0.15) is 78.8 Å². The van der Waals surface area contributed by atoms with Crippen LogP contribution in [0.3, 0.4) is 0 Å². The first-order chi connectivity index (χ1) is 23.7. The van der Waals surface area contributed by atoms with Crippen LogP contribution in [0.15, 0.2) is 36.5 Å². The zero-order valence-corrected chi connectivity index (χ0v) is 27.4. The number of unbranched alkanes of at least 4 members (excludes halogenated alkanes) is 1. The normalized spacial score (nSPS) is 16.4. The van der Waals surface area contributed by atoms with Crippen LogP contribution in [0.25, 0.3) is 0 Å². The van der Waals surface area contributed by atoms with E-state index in [1.54, 1.807) is 21.0 Å². The number of hydrogen-bond donors (Lipinski definition) is 2. The molecule has 0 saturated carbocycles. The first-order valence-electron chi connectivity index (χ1n) is 15.5. The number of rotatable bonds is 11. The number of carboxylic acids is 1. The number of carbonyl (C=O) groups excluding carboxylic acids is 1. The maximum absolute atomic E-state index is 13.8. The summed E-state index contributed by atoms with van der Waals surface area (Å²) in [5.74, 6) is -1.24. The van der Waals surface area contributed by atoms with Crippen LogP contribution in [0.5, 0.6) is 0 Å². The fourth-order valence-electron chi connectivity index (χ4n) is 5.56. The van der Waals surface area contributed by atoms with Crippen LogP contribution in [-0.4, -0.2) is 58.9 Å². The highest BCUT2D eigenvalue weighted by atomic mass is 19.4. The summed E-state index contributed by atoms with van der Waals surface area (Å²) in [7, 11) is 3.10. The Morgan fingerprint density at radius 2 is 1.61 bits per heavy atom. The van der Waals surface area contributed by atoms with Gasteiger partial charge in [-0.05, 0) is 61.6 Å². The van der Waals surface area contributed by atoms with Crippen LogP contribution in [-0.2, 0) is 34.5 Å². The molecule has 1 aliphatic heterocycles. The molecule has 0 spiro atoms. The van der Waals surface area contributed by atoms with Crippen molar-refractivity contribution in [3.8, 4) is 0 Å². The number of amides is 1. The van der Waals surface area contributed by atoms with Gasteiger partial charge in [-0.25, -0.2) is 19.7 Å². The Kier molecular flexibility index (Phi) is 11.6. The van der Waals surface area contributed by atoms with Gasteiger partial charge in [-0.2, -0.15) is 39.5 Å². The number of aliphatic carboxylic acids is 1. The number of nitrogens with zero attached hydrogens (tertiary/aromatic N) is 5. The van der Waals surface area contributed by atoms with Crippen molar-refractivity contribution >= 4 is 29.4 Å². The van der Waals surface area contributed by atoms with Gasteiger partial charge in [0, 0.05) is 33.0 Å². The van der Waals surface area contributed by atoms with E-state index >= 15 is 0 Å². The quantitative estimate of drug-likeness (QED) is 0.149. The Morgan fingerprint density at radius 1 is 0.961 bits per heavy atom. The number of anilines is 3. The SMILES string of the molecule is CC[C@@H]1C[C@H](Nc2ncc(N(C)C)c(Cc3cc(C(F)(F)F)cc(C(F)(F)F)c3)n2)c2nc(C(F)(F)F)ccc2N1C(=O)OCCCCC(=O)O. The standard InChI is InChI=1S/C32H33F9N6O4/c1-4-20-15-22(27-23(8-9-25(45-27)32(39,40)41)47(20)29(50)51-10-6-5-7-26(48)49)44-28-42-16-24(46(2)3)21(43-28)13-17-11-18(30(33,34)35)14-19(12-17)31(36,37)38/h8-9,11-12,14,16,20,22H,4-7,10,13,15H2,1-3H3,(H,48,49)(H,42,43,44)/t20-,22+/m1/s1. The molecule has 0 aliphatic carbocycles. The van der Waals surface area contributed by atoms with Gasteiger partial charge in [0.2, 0.25) is 5.95 Å². The number of carbonyl (C=O) groups is 2. The summed E-state index contributed by atoms with van der Waals surface area (Å²) in [6.07, 6.45) is -14.6. The van der Waals surface area contributed by atoms with Gasteiger partial charge in [-0.3, -0.25) is 9.69 Å². The van der Waals surface area contributed by atoms with Crippen LogP contribution >= 0.6 is 0 Å². The molecule has 3 heterocycles. The Morgan fingerprint density at radius 3 is 2.16 bits per heavy atom. The minimum absolute atomic E-state index is 0.00867. The average molecular weight is 737 g/mol. The highest BCUT2D eigenvalue weighted by Crippen LogP contribution is 2.42. The van der Waals surface area contributed by atoms with Gasteiger partial charge in [0.15, 0.2) is 0 Å². The lowest BCUT2D eigenvalue weighted by Crippen LogP contribution is -2.46. The van der Waals surface area contributed by atoms with Crippen molar-refractivity contribution in [1.29, 1.82) is 0 Å². The molecule has 0 bridgehead atoms. The Labute approximate surface area is 285 Å². The highest BCUT2D eigenvalue weighted by Gasteiger charge is 2.41. The number of hydrogen-bond acceptors (Lipinski definition) is 8. The smallest absolute Gasteiger partial charge is 0.433 e. The number of pyridine rings is 1. The van der Waals surface area contributed by atoms with E-state index in [9.17, 15) is 49.1 Å². The molecule has 19 heteroatoms. The number of carboxylic acid groups (broad SMARTS) is 1. The van der Waals surface area contributed by atoms with Crippen molar-refractivity contribution in [3.05, 3.63) is 70.3 Å². The van der Waals surface area contributed by atoms with Crippen molar-refractivity contribution in [2.24, 2.45) is 0 Å². The van der Waals surface area contributed by atoms with Gasteiger partial charge in [0.25, 0.3) is 0 Å². The summed E-state index contributed by atoms with van der Waals surface area (Å²) in [5.41, 5.74) is -4.60. The highest BCUT2D eigenvalue weighted by molar-refractivity contribution is 5.90. The fraction of sp³-hybridized carbons (Fsp3) is 0.469. The van der Waals surface area contributed by atoms with Crippen molar-refractivity contribution in [3.63, 3.8) is 0 Å². The van der Waals surface area contributed by atoms with Gasteiger partial charge < -0.3 is 20.1 Å². The average Bonchev–Trinajstić information content (AvgIpc) is 3.02. The van der Waals surface area contributed by atoms with E-state index in [2.05, 4.69) is 20.3 Å². The first-order valence-corrected chi connectivity index (χ1v) is 15.5. The molecule has 10 nitrogen and oxygen atoms in total. The fourth-order valence-corrected chi connectivity index (χ4v) is 5.56. The first kappa shape index (κ1) is 39.0. The predicted molar refractivity (Wildman–Crippen MR) is 165 cm³/mol. The minimum atomic E-state index is -5.08. The number of fused-ring (bicyclic) bond motifs is 1. The van der Waals surface area contributed by atoms with Crippen molar-refractivity contribution < 1.29 is 58.9 Å². The molecule has 4 rings (SSSR count). The minimum Gasteiger partial charge on any atom is -0.481 e. The van der Waals surface area contributed by atoms with Gasteiger partial charge >= 0.3 is 30.6 Å². The molecule has 0 unspecified atom stereocenters. The van der Waals surface area contributed by atoms with Crippen LogP contribution in [0.2, 0.25) is 0 Å². The largest absolute Gasteiger partial charge is 0.481 e. The Bertz CT molecular complexity index is 1700. The third-order valence-electron chi connectivity index (χ3n) is 7.98. The molecular formula is C32H33F9N6O4. The molecule has 51 heavy (non-hydrogen) atoms. The maximum Gasteiger partial charge on any atom is 0.433 e. The predicted octanol–water partition coefficient (Wildman–Crippen LogP) is 8.12. The van der Waals surface area contributed by atoms with Crippen LogP contribution in [0.4, 0.5) is 61.6 Å². The van der Waals surface area contributed by atoms with Crippen LogP contribution in [0, 0.1) is 0 Å². The summed E-state index contributed by atoms with van der Waals surface area (Å²) in [6, 6.07) is 1.24. The second-order valence-corrected chi connectivity index (χ2v) is 11.9. The Hall–Kier alpha value is -4.84. The molecule has 0 saturated heterocycles. The van der Waals surface area contributed by atoms with E-state index < -0.39 is 65.9 Å². The zero-order valence-electron chi connectivity index (χ0n) is 27.4. The topological polar surface area (TPSA) is 121 Å². The molecular weight excluding hydrogens is 703 g/mol. The number of nitrogens with one attached hydrogen (secondary N) is 1. The molecule has 0 radical (unpaired) electrons. The van der Waals surface area contributed by atoms with Crippen molar-refractivity contribution in [2.45, 2.75) is 76.1 Å². The lowest BCUT2D eigenvalue weighted by atomic mass is 9.93. The van der Waals surface area contributed by atoms with Crippen LogP contribution < -0.4 is 15.1 Å². The van der Waals surface area contributed by atoms with Gasteiger partial charge in [-0.1, -0.05) is 6.92 Å². The van der Waals surface area contributed by atoms with E-state index in [1.165, 1.54) is 16.0 Å². The number of aromatic nitrogens is 3. The lowest BCUT2D eigenvalue weighted by molar-refractivity contribution is -0.143. The molecule has 2 atom stereocenters. The molecule has 1 amide bonds. The van der Waals surface area contributed by atoms with Gasteiger partial charge in [-0.15, -0.1) is 0 Å². The zero-order chi connectivity index (χ0) is 37.9. The van der Waals surface area contributed by atoms with Gasteiger partial charge in [0.1, 0.15) is 5.69 Å². The summed E-state index contributed by atoms with van der Waals surface area (Å²) < 4.78 is 128. The maximum atomic E-state index is 13.8. The monoisotopic (exact) mass is 736 g/mol. The summed E-state index contributed by atoms with van der Waals surface area (Å²) in [4.78, 5) is 39.0. The van der Waals surface area contributed by atoms with E-state index in [0.29, 0.717) is 24.6 Å². The summed E-state index contributed by atoms with van der Waals surface area (Å²) in [6.45, 7) is 1.58. The van der Waals surface area contributed by atoms with E-state index in [0.717, 1.165) is 6.07 Å². The third kappa shape index (κ3) is 9.69. The molecule has 2 aromatic heterocycles. The lowest BCUT2D eigenvalue weighted by Gasteiger charge is -2.39. The molecule has 1 aliphatic rings. The molecule has 278 valence electrons. The Balaban J connectivity index is 1.71. The number of ether oxygens (including phenoxy) is 1. The summed E-state index contributed by atoms with van der Waals surface area (Å²) in [5, 5.41) is 11.7. The molecule has 0 fully saturated rings. The molecule has 3 aromatic rings. The number of benzene rings is 1. The van der Waals surface area contributed by atoms with Gasteiger partial charge in [0.05, 0.1) is 52.7 Å². The van der Waals surface area contributed by atoms with Crippen molar-refractivity contribution in [2.75, 3.05) is 35.8 Å². The molecule has 2 N–H and O–H groups in total. The third-order valence-corrected chi connectivity index (χ3v) is 7.98. The molecule has 1 aromatic carbocycles.